The van der Waals surface area contributed by atoms with E-state index in [4.69, 9.17) is 4.74 Å². The predicted octanol–water partition coefficient (Wildman–Crippen LogP) is 2.96. The molecule has 1 aliphatic heterocycles. The number of nitrogens with zero attached hydrogens (tertiary/aromatic N) is 3. The number of guanidine groups is 1. The lowest BCUT2D eigenvalue weighted by Crippen LogP contribution is -2.48. The summed E-state index contributed by atoms with van der Waals surface area (Å²) in [6.07, 6.45) is 2.98. The number of esters is 1. The van der Waals surface area contributed by atoms with Crippen molar-refractivity contribution < 1.29 is 9.53 Å². The molecular weight excluding hydrogens is 443 g/mol. The van der Waals surface area contributed by atoms with Crippen LogP contribution >= 0.6 is 24.0 Å². The molecule has 0 aromatic heterocycles. The molecule has 1 saturated heterocycles. The molecule has 1 rings (SSSR count). The average Bonchev–Trinajstić information content (AvgIpc) is 2.57. The SMILES string of the molecule is CCOC(=O)C1CCCN(C(=NC)NCCCN(C(C)C)C(C)C)C1.I. The van der Waals surface area contributed by atoms with Crippen LogP contribution in [0, 0.1) is 5.92 Å². The Morgan fingerprint density at radius 1 is 1.31 bits per heavy atom. The van der Waals surface area contributed by atoms with E-state index < -0.39 is 0 Å². The fourth-order valence-electron chi connectivity index (χ4n) is 3.53. The van der Waals surface area contributed by atoms with Crippen molar-refractivity contribution in [1.82, 2.24) is 15.1 Å². The zero-order valence-electron chi connectivity index (χ0n) is 17.5. The maximum absolute atomic E-state index is 12.0. The number of carbonyl (C=O) groups excluding carboxylic acids is 1. The first-order valence-electron chi connectivity index (χ1n) is 9.78. The summed E-state index contributed by atoms with van der Waals surface area (Å²) in [5.41, 5.74) is 0. The van der Waals surface area contributed by atoms with Crippen LogP contribution in [0.4, 0.5) is 0 Å². The lowest BCUT2D eigenvalue weighted by atomic mass is 9.98. The van der Waals surface area contributed by atoms with Crippen LogP contribution in [0.5, 0.6) is 0 Å². The molecule has 154 valence electrons. The van der Waals surface area contributed by atoms with Crippen molar-refractivity contribution in [1.29, 1.82) is 0 Å². The third-order valence-electron chi connectivity index (χ3n) is 4.76. The molecule has 0 radical (unpaired) electrons. The number of aliphatic imine (C=N–C) groups is 1. The van der Waals surface area contributed by atoms with Crippen LogP contribution in [0.3, 0.4) is 0 Å². The van der Waals surface area contributed by atoms with Gasteiger partial charge in [0.25, 0.3) is 0 Å². The highest BCUT2D eigenvalue weighted by atomic mass is 127. The van der Waals surface area contributed by atoms with Crippen molar-refractivity contribution >= 4 is 35.9 Å². The maximum Gasteiger partial charge on any atom is 0.310 e. The Bertz CT molecular complexity index is 422. The molecule has 1 fully saturated rings. The van der Waals surface area contributed by atoms with Gasteiger partial charge in [-0.05, 0) is 53.9 Å². The predicted molar refractivity (Wildman–Crippen MR) is 119 cm³/mol. The summed E-state index contributed by atoms with van der Waals surface area (Å²) in [6, 6.07) is 1.12. The lowest BCUT2D eigenvalue weighted by Gasteiger charge is -2.34. The molecule has 0 bridgehead atoms. The second-order valence-corrected chi connectivity index (χ2v) is 7.29. The Kier molecular flexibility index (Phi) is 13.3. The van der Waals surface area contributed by atoms with Crippen LogP contribution in [0.15, 0.2) is 4.99 Å². The topological polar surface area (TPSA) is 57.2 Å². The highest BCUT2D eigenvalue weighted by Crippen LogP contribution is 2.18. The van der Waals surface area contributed by atoms with Gasteiger partial charge in [-0.3, -0.25) is 14.7 Å². The molecule has 0 aliphatic carbocycles. The van der Waals surface area contributed by atoms with E-state index in [0.717, 1.165) is 44.9 Å². The van der Waals surface area contributed by atoms with Gasteiger partial charge < -0.3 is 15.0 Å². The van der Waals surface area contributed by atoms with E-state index in [9.17, 15) is 4.79 Å². The molecule has 0 saturated carbocycles. The van der Waals surface area contributed by atoms with Gasteiger partial charge >= 0.3 is 5.97 Å². The van der Waals surface area contributed by atoms with Crippen molar-refractivity contribution in [2.75, 3.05) is 39.8 Å². The van der Waals surface area contributed by atoms with Crippen molar-refractivity contribution in [2.45, 2.75) is 66.0 Å². The molecule has 0 spiro atoms. The average molecular weight is 482 g/mol. The first-order chi connectivity index (χ1) is 11.9. The summed E-state index contributed by atoms with van der Waals surface area (Å²) in [7, 11) is 1.81. The standard InChI is InChI=1S/C19H38N4O2.HI/c1-7-25-18(24)17-10-8-12-22(14-17)19(20-6)21-11-9-13-23(15(2)3)16(4)5;/h15-17H,7-14H2,1-6H3,(H,20,21);1H. The van der Waals surface area contributed by atoms with E-state index in [1.165, 1.54) is 0 Å². The second kappa shape index (κ2) is 13.6. The molecule has 1 aliphatic rings. The number of piperidine rings is 1. The van der Waals surface area contributed by atoms with Gasteiger partial charge in [-0.1, -0.05) is 0 Å². The minimum atomic E-state index is -0.0767. The highest BCUT2D eigenvalue weighted by Gasteiger charge is 2.28. The monoisotopic (exact) mass is 482 g/mol. The highest BCUT2D eigenvalue weighted by molar-refractivity contribution is 14.0. The molecule has 26 heavy (non-hydrogen) atoms. The van der Waals surface area contributed by atoms with Gasteiger partial charge in [0.1, 0.15) is 0 Å². The molecular formula is C19H39IN4O2. The summed E-state index contributed by atoms with van der Waals surface area (Å²) < 4.78 is 5.18. The molecule has 0 aromatic carbocycles. The summed E-state index contributed by atoms with van der Waals surface area (Å²) in [6.45, 7) is 14.9. The number of hydrogen-bond donors (Lipinski definition) is 1. The third kappa shape index (κ3) is 8.41. The van der Waals surface area contributed by atoms with Crippen molar-refractivity contribution in [3.8, 4) is 0 Å². The van der Waals surface area contributed by atoms with Crippen molar-refractivity contribution in [3.05, 3.63) is 0 Å². The van der Waals surface area contributed by atoms with E-state index in [1.807, 2.05) is 14.0 Å². The number of halogens is 1. The zero-order valence-corrected chi connectivity index (χ0v) is 19.8. The second-order valence-electron chi connectivity index (χ2n) is 7.29. The molecule has 0 aromatic rings. The number of likely N-dealkylation sites (tertiary alicyclic amines) is 1. The first kappa shape index (κ1) is 25.4. The van der Waals surface area contributed by atoms with E-state index in [2.05, 4.69) is 47.8 Å². The fraction of sp³-hybridized carbons (Fsp3) is 0.895. The molecule has 1 unspecified atom stereocenters. The van der Waals surface area contributed by atoms with Crippen LogP contribution in [0.2, 0.25) is 0 Å². The molecule has 7 heteroatoms. The number of nitrogens with one attached hydrogen (secondary N) is 1. The van der Waals surface area contributed by atoms with Crippen LogP contribution in [0.1, 0.15) is 53.9 Å². The van der Waals surface area contributed by atoms with Crippen molar-refractivity contribution in [3.63, 3.8) is 0 Å². The summed E-state index contributed by atoms with van der Waals surface area (Å²) in [4.78, 5) is 21.1. The van der Waals surface area contributed by atoms with Gasteiger partial charge in [0.15, 0.2) is 5.96 Å². The molecule has 6 nitrogen and oxygen atoms in total. The summed E-state index contributed by atoms with van der Waals surface area (Å²) in [5, 5.41) is 3.46. The van der Waals surface area contributed by atoms with E-state index in [0.29, 0.717) is 25.2 Å². The fourth-order valence-corrected chi connectivity index (χ4v) is 3.53. The molecule has 0 amide bonds. The van der Waals surface area contributed by atoms with Gasteiger partial charge in [-0.25, -0.2) is 0 Å². The van der Waals surface area contributed by atoms with E-state index in [1.54, 1.807) is 0 Å². The lowest BCUT2D eigenvalue weighted by molar-refractivity contribution is -0.149. The minimum Gasteiger partial charge on any atom is -0.466 e. The maximum atomic E-state index is 12.0. The molecule has 1 heterocycles. The Balaban J connectivity index is 0.00000625. The Morgan fingerprint density at radius 3 is 2.50 bits per heavy atom. The van der Waals surface area contributed by atoms with Crippen LogP contribution in [0.25, 0.3) is 0 Å². The van der Waals surface area contributed by atoms with Crippen LogP contribution in [-0.2, 0) is 9.53 Å². The third-order valence-corrected chi connectivity index (χ3v) is 4.76. The van der Waals surface area contributed by atoms with Gasteiger partial charge in [-0.15, -0.1) is 24.0 Å². The van der Waals surface area contributed by atoms with Crippen LogP contribution in [-0.4, -0.2) is 73.6 Å². The van der Waals surface area contributed by atoms with Crippen molar-refractivity contribution in [2.24, 2.45) is 10.9 Å². The van der Waals surface area contributed by atoms with Gasteiger partial charge in [-0.2, -0.15) is 0 Å². The van der Waals surface area contributed by atoms with E-state index in [-0.39, 0.29) is 35.9 Å². The number of carbonyl (C=O) groups is 1. The van der Waals surface area contributed by atoms with Gasteiger partial charge in [0.05, 0.1) is 12.5 Å². The number of rotatable bonds is 8. The zero-order chi connectivity index (χ0) is 18.8. The summed E-state index contributed by atoms with van der Waals surface area (Å²) in [5.74, 6) is 0.784. The van der Waals surface area contributed by atoms with Crippen LogP contribution < -0.4 is 5.32 Å². The summed E-state index contributed by atoms with van der Waals surface area (Å²) >= 11 is 0. The quantitative estimate of drug-likeness (QED) is 0.190. The number of ether oxygens (including phenoxy) is 1. The van der Waals surface area contributed by atoms with Gasteiger partial charge in [0, 0.05) is 45.3 Å². The Labute approximate surface area is 177 Å². The Morgan fingerprint density at radius 2 is 1.96 bits per heavy atom. The molecule has 1 atom stereocenters. The smallest absolute Gasteiger partial charge is 0.310 e. The molecule has 1 N–H and O–H groups in total. The van der Waals surface area contributed by atoms with Gasteiger partial charge in [0.2, 0.25) is 0 Å². The minimum absolute atomic E-state index is 0. The normalized spacial score (nSPS) is 18.3. The first-order valence-corrected chi connectivity index (χ1v) is 9.78. The Hall–Kier alpha value is -0.570. The van der Waals surface area contributed by atoms with E-state index >= 15 is 0 Å². The largest absolute Gasteiger partial charge is 0.466 e. The number of hydrogen-bond acceptors (Lipinski definition) is 4.